The molecule has 0 atom stereocenters. The molecule has 0 amide bonds. The number of aromatic nitrogens is 3. The van der Waals surface area contributed by atoms with E-state index in [0.717, 1.165) is 4.57 Å². The largest absolute Gasteiger partial charge is 0.344 e. The Balaban J connectivity index is 3.55. The zero-order valence-electron chi connectivity index (χ0n) is 5.80. The second kappa shape index (κ2) is 3.00. The molecule has 1 aromatic rings. The molecule has 0 unspecified atom stereocenters. The molecule has 1 rings (SSSR count). The Morgan fingerprint density at radius 2 is 2.27 bits per heavy atom. The van der Waals surface area contributed by atoms with E-state index < -0.39 is 11.2 Å². The maximum Gasteiger partial charge on any atom is 0.344 e. The molecule has 0 aliphatic carbocycles. The van der Waals surface area contributed by atoms with E-state index >= 15 is 0 Å². The number of nitrogens with one attached hydrogen (secondary N) is 1. The van der Waals surface area contributed by atoms with Crippen LogP contribution in [0.3, 0.4) is 0 Å². The van der Waals surface area contributed by atoms with Gasteiger partial charge in [-0.1, -0.05) is 0 Å². The maximum absolute atomic E-state index is 11.1. The molecule has 6 heteroatoms. The second-order valence-corrected chi connectivity index (χ2v) is 2.62. The van der Waals surface area contributed by atoms with E-state index in [4.69, 9.17) is 0 Å². The van der Waals surface area contributed by atoms with Crippen LogP contribution in [-0.4, -0.2) is 14.8 Å². The topological polar surface area (TPSA) is 67.8 Å². The van der Waals surface area contributed by atoms with Gasteiger partial charge in [0.2, 0.25) is 0 Å². The SMILES string of the molecule is CCn1c(=O)[nH]nc(Br)c1=O. The lowest BCUT2D eigenvalue weighted by Crippen LogP contribution is -2.35. The summed E-state index contributed by atoms with van der Waals surface area (Å²) >= 11 is 2.91. The van der Waals surface area contributed by atoms with Crippen LogP contribution < -0.4 is 11.2 Å². The predicted molar refractivity (Wildman–Crippen MR) is 42.5 cm³/mol. The first kappa shape index (κ1) is 8.19. The molecule has 0 spiro atoms. The van der Waals surface area contributed by atoms with Crippen molar-refractivity contribution >= 4 is 15.9 Å². The number of hydrogen-bond acceptors (Lipinski definition) is 3. The van der Waals surface area contributed by atoms with Crippen molar-refractivity contribution in [1.29, 1.82) is 0 Å². The zero-order chi connectivity index (χ0) is 8.43. The van der Waals surface area contributed by atoms with Crippen LogP contribution in [0.1, 0.15) is 6.92 Å². The average molecular weight is 220 g/mol. The summed E-state index contributed by atoms with van der Waals surface area (Å²) in [6.07, 6.45) is 0. The molecule has 5 nitrogen and oxygen atoms in total. The molecule has 0 aliphatic rings. The van der Waals surface area contributed by atoms with Crippen LogP contribution in [0.25, 0.3) is 0 Å². The monoisotopic (exact) mass is 219 g/mol. The Kier molecular flexibility index (Phi) is 2.23. The molecule has 1 heterocycles. The van der Waals surface area contributed by atoms with Gasteiger partial charge >= 0.3 is 5.69 Å². The molecule has 0 aromatic carbocycles. The normalized spacial score (nSPS) is 10.0. The molecule has 1 aromatic heterocycles. The summed E-state index contributed by atoms with van der Waals surface area (Å²) in [5.41, 5.74) is -0.892. The fourth-order valence-corrected chi connectivity index (χ4v) is 0.999. The van der Waals surface area contributed by atoms with E-state index in [9.17, 15) is 9.59 Å². The van der Waals surface area contributed by atoms with E-state index in [1.54, 1.807) is 6.92 Å². The minimum atomic E-state index is -0.485. The second-order valence-electron chi connectivity index (χ2n) is 1.87. The van der Waals surface area contributed by atoms with Crippen molar-refractivity contribution < 1.29 is 0 Å². The van der Waals surface area contributed by atoms with Crippen LogP contribution >= 0.6 is 15.9 Å². The molecule has 0 radical (unpaired) electrons. The van der Waals surface area contributed by atoms with Gasteiger partial charge in [-0.2, -0.15) is 5.10 Å². The number of aromatic amines is 1. The van der Waals surface area contributed by atoms with Gasteiger partial charge in [0, 0.05) is 6.54 Å². The van der Waals surface area contributed by atoms with Gasteiger partial charge in [-0.05, 0) is 22.9 Å². The van der Waals surface area contributed by atoms with Crippen molar-refractivity contribution in [2.24, 2.45) is 0 Å². The van der Waals surface area contributed by atoms with Crippen molar-refractivity contribution in [3.05, 3.63) is 25.4 Å². The van der Waals surface area contributed by atoms with Crippen LogP contribution in [0.4, 0.5) is 0 Å². The summed E-state index contributed by atoms with van der Waals surface area (Å²) in [5.74, 6) is 0. The summed E-state index contributed by atoms with van der Waals surface area (Å²) in [4.78, 5) is 21.9. The van der Waals surface area contributed by atoms with E-state index in [2.05, 4.69) is 26.1 Å². The van der Waals surface area contributed by atoms with Crippen molar-refractivity contribution in [2.75, 3.05) is 0 Å². The predicted octanol–water partition coefficient (Wildman–Crippen LogP) is -0.286. The highest BCUT2D eigenvalue weighted by atomic mass is 79.9. The summed E-state index contributed by atoms with van der Waals surface area (Å²) in [7, 11) is 0. The van der Waals surface area contributed by atoms with Gasteiger partial charge in [-0.15, -0.1) is 0 Å². The van der Waals surface area contributed by atoms with Crippen molar-refractivity contribution in [3.63, 3.8) is 0 Å². The number of nitrogens with zero attached hydrogens (tertiary/aromatic N) is 2. The third-order valence-electron chi connectivity index (χ3n) is 1.23. The Labute approximate surface area is 70.2 Å². The quantitative estimate of drug-likeness (QED) is 0.707. The first-order valence-corrected chi connectivity index (χ1v) is 3.81. The zero-order valence-corrected chi connectivity index (χ0v) is 7.38. The van der Waals surface area contributed by atoms with Crippen molar-refractivity contribution in [2.45, 2.75) is 13.5 Å². The lowest BCUT2D eigenvalue weighted by molar-refractivity contribution is 0.637. The minimum Gasteiger partial charge on any atom is -0.266 e. The lowest BCUT2D eigenvalue weighted by atomic mass is 10.7. The highest BCUT2D eigenvalue weighted by molar-refractivity contribution is 9.10. The Hall–Kier alpha value is -0.910. The number of H-pyrrole nitrogens is 1. The van der Waals surface area contributed by atoms with E-state index in [1.807, 2.05) is 0 Å². The fourth-order valence-electron chi connectivity index (χ4n) is 0.696. The van der Waals surface area contributed by atoms with Crippen LogP contribution in [0.15, 0.2) is 14.2 Å². The Morgan fingerprint density at radius 3 is 2.73 bits per heavy atom. The number of hydrogen-bond donors (Lipinski definition) is 1. The van der Waals surface area contributed by atoms with E-state index in [-0.39, 0.29) is 4.60 Å². The molecule has 0 saturated carbocycles. The highest BCUT2D eigenvalue weighted by Gasteiger charge is 2.02. The van der Waals surface area contributed by atoms with Crippen LogP contribution in [0, 0.1) is 0 Å². The van der Waals surface area contributed by atoms with Gasteiger partial charge in [0.1, 0.15) is 0 Å². The van der Waals surface area contributed by atoms with Gasteiger partial charge in [0.05, 0.1) is 0 Å². The van der Waals surface area contributed by atoms with Crippen LogP contribution in [0.5, 0.6) is 0 Å². The smallest absolute Gasteiger partial charge is 0.266 e. The molecule has 0 saturated heterocycles. The number of rotatable bonds is 1. The third kappa shape index (κ3) is 1.40. The molecule has 0 fully saturated rings. The highest BCUT2D eigenvalue weighted by Crippen LogP contribution is 1.90. The van der Waals surface area contributed by atoms with Gasteiger partial charge in [-0.3, -0.25) is 9.36 Å². The Bertz CT molecular complexity index is 367. The Morgan fingerprint density at radius 1 is 1.64 bits per heavy atom. The van der Waals surface area contributed by atoms with Gasteiger partial charge in [-0.25, -0.2) is 9.89 Å². The lowest BCUT2D eigenvalue weighted by Gasteiger charge is -1.97. The van der Waals surface area contributed by atoms with E-state index in [1.165, 1.54) is 0 Å². The third-order valence-corrected chi connectivity index (χ3v) is 1.75. The average Bonchev–Trinajstić information content (AvgIpc) is 1.99. The molecular formula is C5H6BrN3O2. The fraction of sp³-hybridized carbons (Fsp3) is 0.400. The number of halogens is 1. The maximum atomic E-state index is 11.1. The summed E-state index contributed by atoms with van der Waals surface area (Å²) < 4.78 is 1.18. The van der Waals surface area contributed by atoms with Crippen molar-refractivity contribution in [1.82, 2.24) is 14.8 Å². The summed E-state index contributed by atoms with van der Waals surface area (Å²) in [6.45, 7) is 2.05. The summed E-state index contributed by atoms with van der Waals surface area (Å²) in [6, 6.07) is 0. The van der Waals surface area contributed by atoms with Crippen LogP contribution in [-0.2, 0) is 6.54 Å². The molecule has 11 heavy (non-hydrogen) atoms. The molecule has 1 N–H and O–H groups in total. The minimum absolute atomic E-state index is 0.124. The molecule has 60 valence electrons. The van der Waals surface area contributed by atoms with Gasteiger partial charge in [0.15, 0.2) is 4.60 Å². The summed E-state index contributed by atoms with van der Waals surface area (Å²) in [5, 5.41) is 5.60. The van der Waals surface area contributed by atoms with Gasteiger partial charge in [0.25, 0.3) is 5.56 Å². The first-order valence-electron chi connectivity index (χ1n) is 3.01. The van der Waals surface area contributed by atoms with Gasteiger partial charge < -0.3 is 0 Å². The van der Waals surface area contributed by atoms with E-state index in [0.29, 0.717) is 6.54 Å². The van der Waals surface area contributed by atoms with Crippen LogP contribution in [0.2, 0.25) is 0 Å². The first-order chi connectivity index (χ1) is 5.16. The van der Waals surface area contributed by atoms with Crippen molar-refractivity contribution in [3.8, 4) is 0 Å². The molecule has 0 bridgehead atoms. The standard InChI is InChI=1S/C5H6BrN3O2/c1-2-9-4(10)3(6)7-8-5(9)11/h2H2,1H3,(H,8,11). The molecular weight excluding hydrogens is 214 g/mol. The molecule has 0 aliphatic heterocycles.